The van der Waals surface area contributed by atoms with Crippen molar-refractivity contribution in [3.05, 3.63) is 45.9 Å². The quantitative estimate of drug-likeness (QED) is 0.704. The molecule has 1 unspecified atom stereocenters. The van der Waals surface area contributed by atoms with E-state index in [0.717, 1.165) is 47.6 Å². The van der Waals surface area contributed by atoms with Gasteiger partial charge in [-0.25, -0.2) is 0 Å². The molecule has 1 aliphatic heterocycles. The lowest BCUT2D eigenvalue weighted by atomic mass is 10.0. The summed E-state index contributed by atoms with van der Waals surface area (Å²) in [7, 11) is 3.38. The number of hydrogen-bond donors (Lipinski definition) is 0. The summed E-state index contributed by atoms with van der Waals surface area (Å²) in [5, 5.41) is 0. The highest BCUT2D eigenvalue weighted by molar-refractivity contribution is 9.10. The van der Waals surface area contributed by atoms with Crippen LogP contribution in [0.2, 0.25) is 0 Å². The summed E-state index contributed by atoms with van der Waals surface area (Å²) in [5.41, 5.74) is 2.28. The third kappa shape index (κ3) is 4.08. The molecule has 0 saturated heterocycles. The van der Waals surface area contributed by atoms with E-state index >= 15 is 0 Å². The Labute approximate surface area is 147 Å². The lowest BCUT2D eigenvalue weighted by Crippen LogP contribution is -2.39. The van der Waals surface area contributed by atoms with E-state index in [0.29, 0.717) is 0 Å². The van der Waals surface area contributed by atoms with Gasteiger partial charge in [0.25, 0.3) is 0 Å². The van der Waals surface area contributed by atoms with Gasteiger partial charge in [0.2, 0.25) is 5.88 Å². The van der Waals surface area contributed by atoms with Crippen molar-refractivity contribution >= 4 is 21.6 Å². The van der Waals surface area contributed by atoms with Crippen LogP contribution in [0, 0.1) is 0 Å². The van der Waals surface area contributed by atoms with Gasteiger partial charge in [0.1, 0.15) is 6.17 Å². The van der Waals surface area contributed by atoms with E-state index in [4.69, 9.17) is 14.5 Å². The molecule has 0 fully saturated rings. The van der Waals surface area contributed by atoms with Gasteiger partial charge in [0.05, 0.1) is 19.9 Å². The van der Waals surface area contributed by atoms with Crippen LogP contribution in [-0.4, -0.2) is 37.5 Å². The number of benzene rings is 1. The van der Waals surface area contributed by atoms with Crippen LogP contribution in [0.1, 0.15) is 32.3 Å². The fourth-order valence-corrected chi connectivity index (χ4v) is 3.13. The number of aryl methyl sites for hydroxylation is 1. The highest BCUT2D eigenvalue weighted by Crippen LogP contribution is 2.26. The fourth-order valence-electron chi connectivity index (χ4n) is 2.87. The van der Waals surface area contributed by atoms with E-state index in [1.54, 1.807) is 14.2 Å². The number of nitrogens with zero attached hydrogens (tertiary/aromatic N) is 2. The van der Waals surface area contributed by atoms with E-state index in [1.165, 1.54) is 5.56 Å². The summed E-state index contributed by atoms with van der Waals surface area (Å²) in [6, 6.07) is 8.41. The maximum absolute atomic E-state index is 5.62. The molecule has 0 N–H and O–H groups in total. The molecule has 1 aromatic rings. The minimum absolute atomic E-state index is 0.119. The Kier molecular flexibility index (Phi) is 6.51. The van der Waals surface area contributed by atoms with Gasteiger partial charge in [-0.3, -0.25) is 4.99 Å². The predicted molar refractivity (Wildman–Crippen MR) is 97.4 cm³/mol. The Balaban J connectivity index is 2.22. The first-order valence-corrected chi connectivity index (χ1v) is 8.84. The third-order valence-corrected chi connectivity index (χ3v) is 4.58. The molecule has 0 saturated carbocycles. The molecule has 1 aliphatic rings. The van der Waals surface area contributed by atoms with Gasteiger partial charge in [0.15, 0.2) is 5.76 Å². The number of allylic oxidation sites excluding steroid dienone is 1. The molecule has 0 spiro atoms. The van der Waals surface area contributed by atoms with Crippen molar-refractivity contribution in [1.29, 1.82) is 0 Å². The van der Waals surface area contributed by atoms with Crippen LogP contribution in [0.15, 0.2) is 45.4 Å². The van der Waals surface area contributed by atoms with Crippen LogP contribution < -0.4 is 0 Å². The Morgan fingerprint density at radius 2 is 1.78 bits per heavy atom. The first kappa shape index (κ1) is 17.9. The molecule has 4 nitrogen and oxygen atoms in total. The van der Waals surface area contributed by atoms with Crippen molar-refractivity contribution in [1.82, 2.24) is 4.90 Å². The topological polar surface area (TPSA) is 34.1 Å². The zero-order valence-corrected chi connectivity index (χ0v) is 15.9. The van der Waals surface area contributed by atoms with E-state index in [1.807, 2.05) is 0 Å². The van der Waals surface area contributed by atoms with Crippen LogP contribution in [0.3, 0.4) is 0 Å². The fraction of sp³-hybridized carbons (Fsp3) is 0.500. The largest absolute Gasteiger partial charge is 0.490 e. The Hall–Kier alpha value is -1.49. The molecule has 0 aromatic heterocycles. The number of rotatable bonds is 7. The molecule has 1 heterocycles. The first-order chi connectivity index (χ1) is 11.1. The van der Waals surface area contributed by atoms with Gasteiger partial charge in [-0.1, -0.05) is 35.0 Å². The minimum Gasteiger partial charge on any atom is -0.490 e. The molecule has 2 rings (SSSR count). The van der Waals surface area contributed by atoms with Crippen molar-refractivity contribution in [3.8, 4) is 0 Å². The average molecular weight is 381 g/mol. The van der Waals surface area contributed by atoms with Crippen LogP contribution in [-0.2, 0) is 15.9 Å². The summed E-state index contributed by atoms with van der Waals surface area (Å²) in [6.45, 7) is 5.10. The zero-order valence-electron chi connectivity index (χ0n) is 14.3. The Morgan fingerprint density at radius 1 is 1.09 bits per heavy atom. The lowest BCUT2D eigenvalue weighted by Gasteiger charge is -2.35. The van der Waals surface area contributed by atoms with Crippen LogP contribution in [0.5, 0.6) is 0 Å². The summed E-state index contributed by atoms with van der Waals surface area (Å²) in [5.74, 6) is 1.55. The zero-order chi connectivity index (χ0) is 16.8. The normalized spacial score (nSPS) is 18.0. The van der Waals surface area contributed by atoms with Gasteiger partial charge < -0.3 is 14.4 Å². The highest BCUT2D eigenvalue weighted by Gasteiger charge is 2.30. The molecule has 0 bridgehead atoms. The first-order valence-electron chi connectivity index (χ1n) is 8.04. The van der Waals surface area contributed by atoms with Crippen LogP contribution >= 0.6 is 15.9 Å². The third-order valence-electron chi connectivity index (χ3n) is 4.05. The smallest absolute Gasteiger partial charge is 0.236 e. The van der Waals surface area contributed by atoms with Crippen molar-refractivity contribution < 1.29 is 9.47 Å². The lowest BCUT2D eigenvalue weighted by molar-refractivity contribution is 0.0945. The second kappa shape index (κ2) is 8.39. The van der Waals surface area contributed by atoms with E-state index in [-0.39, 0.29) is 6.17 Å². The maximum atomic E-state index is 5.62. The molecule has 0 amide bonds. The molecule has 0 radical (unpaired) electrons. The molecule has 5 heteroatoms. The second-order valence-corrected chi connectivity index (χ2v) is 6.34. The van der Waals surface area contributed by atoms with Crippen molar-refractivity contribution in [2.24, 2.45) is 4.99 Å². The summed E-state index contributed by atoms with van der Waals surface area (Å²) >= 11 is 3.47. The minimum atomic E-state index is 0.119. The number of methoxy groups -OCH3 is 2. The van der Waals surface area contributed by atoms with Gasteiger partial charge in [0, 0.05) is 11.0 Å². The monoisotopic (exact) mass is 380 g/mol. The highest BCUT2D eigenvalue weighted by atomic mass is 79.9. The van der Waals surface area contributed by atoms with Crippen molar-refractivity contribution in [2.45, 2.75) is 39.3 Å². The van der Waals surface area contributed by atoms with Crippen LogP contribution in [0.25, 0.3) is 0 Å². The molecular formula is C18H25BrN2O2. The Morgan fingerprint density at radius 3 is 2.30 bits per heavy atom. The SMILES string of the molecule is CCC1N=C(CCc2ccc(Br)cc2)C(OC)=C(OC)N1CC. The second-order valence-electron chi connectivity index (χ2n) is 5.42. The number of halogens is 1. The summed E-state index contributed by atoms with van der Waals surface area (Å²) in [4.78, 5) is 7.06. The number of ether oxygens (including phenoxy) is 2. The molecule has 1 atom stereocenters. The van der Waals surface area contributed by atoms with Crippen molar-refractivity contribution in [2.75, 3.05) is 20.8 Å². The molecule has 126 valence electrons. The van der Waals surface area contributed by atoms with Gasteiger partial charge in [-0.15, -0.1) is 0 Å². The standard InChI is InChI=1S/C18H25BrN2O2/c1-5-16-20-15(12-9-13-7-10-14(19)11-8-13)17(22-3)18(23-4)21(16)6-2/h7-8,10-11,16H,5-6,9,12H2,1-4H3. The van der Waals surface area contributed by atoms with E-state index in [9.17, 15) is 0 Å². The van der Waals surface area contributed by atoms with Gasteiger partial charge in [-0.05, 0) is 43.9 Å². The van der Waals surface area contributed by atoms with Gasteiger partial charge >= 0.3 is 0 Å². The van der Waals surface area contributed by atoms with Crippen LogP contribution in [0.4, 0.5) is 0 Å². The molecular weight excluding hydrogens is 356 g/mol. The van der Waals surface area contributed by atoms with Crippen molar-refractivity contribution in [3.63, 3.8) is 0 Å². The molecule has 0 aliphatic carbocycles. The number of hydrogen-bond acceptors (Lipinski definition) is 4. The van der Waals surface area contributed by atoms with E-state index < -0.39 is 0 Å². The van der Waals surface area contributed by atoms with Gasteiger partial charge in [-0.2, -0.15) is 0 Å². The molecule has 23 heavy (non-hydrogen) atoms. The molecule has 1 aromatic carbocycles. The Bertz CT molecular complexity index is 581. The maximum Gasteiger partial charge on any atom is 0.236 e. The predicted octanol–water partition coefficient (Wildman–Crippen LogP) is 4.36. The summed E-state index contributed by atoms with van der Waals surface area (Å²) < 4.78 is 12.3. The summed E-state index contributed by atoms with van der Waals surface area (Å²) in [6.07, 6.45) is 2.83. The number of aliphatic imine (C=N–C) groups is 1. The average Bonchev–Trinajstić information content (AvgIpc) is 2.59. The van der Waals surface area contributed by atoms with E-state index in [2.05, 4.69) is 58.9 Å².